The Morgan fingerprint density at radius 2 is 2.15 bits per heavy atom. The van der Waals surface area contributed by atoms with Gasteiger partial charge in [0.1, 0.15) is 18.1 Å². The number of aryl methyl sites for hydroxylation is 1. The molecule has 0 spiro atoms. The molecule has 2 rings (SSSR count). The molecule has 1 aromatic heterocycles. The van der Waals surface area contributed by atoms with Gasteiger partial charge in [-0.2, -0.15) is 0 Å². The highest BCUT2D eigenvalue weighted by molar-refractivity contribution is 9.10. The number of carbonyl (C=O) groups excluding carboxylic acids is 1. The summed E-state index contributed by atoms with van der Waals surface area (Å²) >= 11 is 3.38. The van der Waals surface area contributed by atoms with Crippen molar-refractivity contribution in [3.63, 3.8) is 0 Å². The van der Waals surface area contributed by atoms with E-state index in [-0.39, 0.29) is 6.61 Å². The molecule has 0 aliphatic carbocycles. The molecule has 5 nitrogen and oxygen atoms in total. The number of rotatable bonds is 4. The topological polar surface area (TPSA) is 66.5 Å². The van der Waals surface area contributed by atoms with Crippen molar-refractivity contribution in [2.24, 2.45) is 7.05 Å². The highest BCUT2D eigenvalue weighted by Gasteiger charge is 2.14. The van der Waals surface area contributed by atoms with E-state index >= 15 is 0 Å². The molecule has 0 fully saturated rings. The van der Waals surface area contributed by atoms with E-state index in [1.54, 1.807) is 31.0 Å². The van der Waals surface area contributed by atoms with Crippen LogP contribution < -0.4 is 10.5 Å². The average Bonchev–Trinajstić information content (AvgIpc) is 2.75. The van der Waals surface area contributed by atoms with Crippen LogP contribution in [0.25, 0.3) is 0 Å². The van der Waals surface area contributed by atoms with Gasteiger partial charge in [0.05, 0.1) is 12.8 Å². The van der Waals surface area contributed by atoms with Gasteiger partial charge in [0.2, 0.25) is 0 Å². The molecule has 106 valence electrons. The molecular weight excluding hydrogens is 324 g/mol. The third-order valence-electron chi connectivity index (χ3n) is 2.84. The summed E-state index contributed by atoms with van der Waals surface area (Å²) in [5, 5.41) is 0. The quantitative estimate of drug-likeness (QED) is 0.870. The maximum atomic E-state index is 12.0. The molecule has 6 heteroatoms. The normalized spacial score (nSPS) is 10.3. The van der Waals surface area contributed by atoms with Crippen molar-refractivity contribution in [1.29, 1.82) is 0 Å². The second-order valence-corrected chi connectivity index (χ2v) is 5.22. The monoisotopic (exact) mass is 338 g/mol. The molecule has 0 saturated carbocycles. The number of ether oxygens (including phenoxy) is 2. The summed E-state index contributed by atoms with van der Waals surface area (Å²) in [6.45, 7) is 0.131. The lowest BCUT2D eigenvalue weighted by Crippen LogP contribution is -2.10. The zero-order valence-corrected chi connectivity index (χ0v) is 12.8. The lowest BCUT2D eigenvalue weighted by atomic mass is 10.2. The Hall–Kier alpha value is -1.95. The van der Waals surface area contributed by atoms with Crippen LogP contribution in [0.5, 0.6) is 5.75 Å². The lowest BCUT2D eigenvalue weighted by Gasteiger charge is -2.10. The molecular formula is C14H15BrN2O3. The maximum Gasteiger partial charge on any atom is 0.355 e. The summed E-state index contributed by atoms with van der Waals surface area (Å²) < 4.78 is 13.0. The van der Waals surface area contributed by atoms with Crippen LogP contribution in [0.15, 0.2) is 34.9 Å². The first kappa shape index (κ1) is 14.5. The van der Waals surface area contributed by atoms with Gasteiger partial charge in [-0.15, -0.1) is 0 Å². The highest BCUT2D eigenvalue weighted by Crippen LogP contribution is 2.24. The Bertz CT molecular complexity index is 637. The first-order valence-corrected chi connectivity index (χ1v) is 6.72. The number of hydrogen-bond acceptors (Lipinski definition) is 4. The van der Waals surface area contributed by atoms with Gasteiger partial charge in [-0.05, 0) is 24.3 Å². The van der Waals surface area contributed by atoms with E-state index in [0.717, 1.165) is 10.0 Å². The Morgan fingerprint density at radius 1 is 1.40 bits per heavy atom. The van der Waals surface area contributed by atoms with Crippen LogP contribution in [-0.4, -0.2) is 17.6 Å². The summed E-state index contributed by atoms with van der Waals surface area (Å²) in [4.78, 5) is 12.0. The van der Waals surface area contributed by atoms with Crippen LogP contribution in [0, 0.1) is 0 Å². The number of nitrogen functional groups attached to an aromatic ring is 1. The van der Waals surface area contributed by atoms with Crippen molar-refractivity contribution in [2.45, 2.75) is 6.61 Å². The molecule has 2 N–H and O–H groups in total. The number of aromatic nitrogens is 1. The minimum absolute atomic E-state index is 0.131. The number of halogens is 1. The molecule has 0 atom stereocenters. The van der Waals surface area contributed by atoms with Crippen molar-refractivity contribution in [2.75, 3.05) is 12.8 Å². The summed E-state index contributed by atoms with van der Waals surface area (Å²) in [5.74, 6) is 0.249. The van der Waals surface area contributed by atoms with E-state index in [1.807, 2.05) is 18.2 Å². The summed E-state index contributed by atoms with van der Waals surface area (Å²) in [6, 6.07) is 7.11. The van der Waals surface area contributed by atoms with Crippen molar-refractivity contribution in [3.8, 4) is 5.75 Å². The van der Waals surface area contributed by atoms with Gasteiger partial charge < -0.3 is 19.8 Å². The molecule has 0 aliphatic heterocycles. The first-order chi connectivity index (χ1) is 9.51. The molecule has 20 heavy (non-hydrogen) atoms. The van der Waals surface area contributed by atoms with Crippen molar-refractivity contribution in [3.05, 3.63) is 46.2 Å². The number of carbonyl (C=O) groups is 1. The second kappa shape index (κ2) is 6.00. The fourth-order valence-electron chi connectivity index (χ4n) is 1.87. The third kappa shape index (κ3) is 3.14. The van der Waals surface area contributed by atoms with E-state index in [1.165, 1.54) is 0 Å². The fourth-order valence-corrected chi connectivity index (χ4v) is 2.28. The Morgan fingerprint density at radius 3 is 2.75 bits per heavy atom. The van der Waals surface area contributed by atoms with Crippen LogP contribution in [-0.2, 0) is 18.4 Å². The maximum absolute atomic E-state index is 12.0. The van der Waals surface area contributed by atoms with E-state index in [4.69, 9.17) is 15.2 Å². The fraction of sp³-hybridized carbons (Fsp3) is 0.214. The summed E-state index contributed by atoms with van der Waals surface area (Å²) in [7, 11) is 3.32. The number of nitrogens with two attached hydrogens (primary N) is 1. The largest absolute Gasteiger partial charge is 0.496 e. The van der Waals surface area contributed by atoms with Crippen LogP contribution in [0.1, 0.15) is 16.1 Å². The third-order valence-corrected chi connectivity index (χ3v) is 3.33. The molecule has 1 aromatic carbocycles. The minimum Gasteiger partial charge on any atom is -0.496 e. The predicted octanol–water partition coefficient (Wildman–Crippen LogP) is 2.74. The minimum atomic E-state index is -0.425. The number of nitrogens with zero attached hydrogens (tertiary/aromatic N) is 1. The highest BCUT2D eigenvalue weighted by atomic mass is 79.9. The van der Waals surface area contributed by atoms with Gasteiger partial charge in [-0.3, -0.25) is 0 Å². The van der Waals surface area contributed by atoms with Gasteiger partial charge in [0, 0.05) is 23.3 Å². The van der Waals surface area contributed by atoms with Crippen molar-refractivity contribution >= 4 is 27.6 Å². The summed E-state index contributed by atoms with van der Waals surface area (Å²) in [5.41, 5.74) is 7.37. The molecule has 1 heterocycles. The Labute approximate surface area is 125 Å². The van der Waals surface area contributed by atoms with Crippen LogP contribution in [0.4, 0.5) is 5.69 Å². The molecule has 0 radical (unpaired) electrons. The van der Waals surface area contributed by atoms with E-state index in [0.29, 0.717) is 17.1 Å². The van der Waals surface area contributed by atoms with Crippen LogP contribution in [0.3, 0.4) is 0 Å². The van der Waals surface area contributed by atoms with Crippen LogP contribution in [0.2, 0.25) is 0 Å². The zero-order chi connectivity index (χ0) is 14.7. The molecule has 0 aliphatic rings. The number of benzene rings is 1. The van der Waals surface area contributed by atoms with Crippen molar-refractivity contribution in [1.82, 2.24) is 4.57 Å². The first-order valence-electron chi connectivity index (χ1n) is 5.92. The van der Waals surface area contributed by atoms with Gasteiger partial charge in [-0.25, -0.2) is 4.79 Å². The molecule has 0 bridgehead atoms. The lowest BCUT2D eigenvalue weighted by molar-refractivity contribution is 0.0459. The second-order valence-electron chi connectivity index (χ2n) is 4.30. The predicted molar refractivity (Wildman–Crippen MR) is 79.6 cm³/mol. The van der Waals surface area contributed by atoms with E-state index in [2.05, 4.69) is 15.9 Å². The van der Waals surface area contributed by atoms with Crippen molar-refractivity contribution < 1.29 is 14.3 Å². The number of anilines is 1. The molecule has 0 unspecified atom stereocenters. The Kier molecular flexibility index (Phi) is 4.34. The standard InChI is InChI=1S/C14H15BrN2O3/c1-17-7-11(16)6-12(17)14(18)20-8-9-5-10(15)3-4-13(9)19-2/h3-7H,8,16H2,1-2H3. The number of hydrogen-bond donors (Lipinski definition) is 1. The zero-order valence-electron chi connectivity index (χ0n) is 11.2. The SMILES string of the molecule is COc1ccc(Br)cc1COC(=O)c1cc(N)cn1C. The Balaban J connectivity index is 2.11. The smallest absolute Gasteiger partial charge is 0.355 e. The van der Waals surface area contributed by atoms with Gasteiger partial charge in [0.15, 0.2) is 0 Å². The molecule has 0 saturated heterocycles. The summed E-state index contributed by atoms with van der Waals surface area (Å²) in [6.07, 6.45) is 1.66. The molecule has 2 aromatic rings. The van der Waals surface area contributed by atoms with Gasteiger partial charge >= 0.3 is 5.97 Å². The van der Waals surface area contributed by atoms with Gasteiger partial charge in [0.25, 0.3) is 0 Å². The van der Waals surface area contributed by atoms with E-state index < -0.39 is 5.97 Å². The number of esters is 1. The van der Waals surface area contributed by atoms with Crippen LogP contribution >= 0.6 is 15.9 Å². The average molecular weight is 339 g/mol. The number of methoxy groups -OCH3 is 1. The van der Waals surface area contributed by atoms with Gasteiger partial charge in [-0.1, -0.05) is 15.9 Å². The molecule has 0 amide bonds. The van der Waals surface area contributed by atoms with E-state index in [9.17, 15) is 4.79 Å².